The summed E-state index contributed by atoms with van der Waals surface area (Å²) in [6.07, 6.45) is 0. The summed E-state index contributed by atoms with van der Waals surface area (Å²) in [6, 6.07) is 2.18. The van der Waals surface area contributed by atoms with Gasteiger partial charge in [0.05, 0.1) is 12.3 Å². The van der Waals surface area contributed by atoms with Crippen LogP contribution >= 0.6 is 0 Å². The quantitative estimate of drug-likeness (QED) is 0.852. The third kappa shape index (κ3) is 2.17. The lowest BCUT2D eigenvalue weighted by Gasteiger charge is -2.04. The monoisotopic (exact) mass is 258 g/mol. The molecule has 0 saturated carbocycles. The standard InChI is InChI=1S/C11H9F3N2O2/c1-18-5-6-2-11(17)16(15-6)10-4-8(13)7(12)3-9(10)14/h2-4,15H,5H2,1H3. The Kier molecular flexibility index (Phi) is 3.24. The number of hydrogen-bond donors (Lipinski definition) is 1. The maximum Gasteiger partial charge on any atom is 0.271 e. The second-order valence-electron chi connectivity index (χ2n) is 3.61. The van der Waals surface area contributed by atoms with Crippen LogP contribution in [0.15, 0.2) is 23.0 Å². The molecule has 0 spiro atoms. The first-order valence-electron chi connectivity index (χ1n) is 4.97. The zero-order valence-corrected chi connectivity index (χ0v) is 9.34. The highest BCUT2D eigenvalue weighted by molar-refractivity contribution is 5.34. The average Bonchev–Trinajstić information content (AvgIpc) is 2.65. The summed E-state index contributed by atoms with van der Waals surface area (Å²) in [4.78, 5) is 11.6. The van der Waals surface area contributed by atoms with Crippen LogP contribution in [-0.2, 0) is 11.3 Å². The molecule has 0 fully saturated rings. The van der Waals surface area contributed by atoms with Gasteiger partial charge in [0, 0.05) is 25.3 Å². The molecule has 0 atom stereocenters. The first-order chi connectivity index (χ1) is 8.52. The van der Waals surface area contributed by atoms with Gasteiger partial charge in [-0.2, -0.15) is 0 Å². The summed E-state index contributed by atoms with van der Waals surface area (Å²) in [6.45, 7) is 0.119. The van der Waals surface area contributed by atoms with E-state index in [1.807, 2.05) is 0 Å². The maximum atomic E-state index is 13.5. The van der Waals surface area contributed by atoms with Crippen LogP contribution in [0.25, 0.3) is 5.69 Å². The lowest BCUT2D eigenvalue weighted by Crippen LogP contribution is -2.15. The number of aromatic nitrogens is 2. The summed E-state index contributed by atoms with van der Waals surface area (Å²) in [5.74, 6) is -3.59. The van der Waals surface area contributed by atoms with Crippen LogP contribution in [-0.4, -0.2) is 16.9 Å². The minimum absolute atomic E-state index is 0.119. The Bertz CT molecular complexity index is 634. The van der Waals surface area contributed by atoms with Gasteiger partial charge in [0.2, 0.25) is 0 Å². The minimum atomic E-state index is -1.31. The van der Waals surface area contributed by atoms with Crippen LogP contribution in [0.5, 0.6) is 0 Å². The molecule has 1 aromatic carbocycles. The van der Waals surface area contributed by atoms with Crippen molar-refractivity contribution in [3.8, 4) is 5.69 Å². The second kappa shape index (κ2) is 4.69. The third-order valence-electron chi connectivity index (χ3n) is 2.30. The lowest BCUT2D eigenvalue weighted by atomic mass is 10.3. The Balaban J connectivity index is 2.55. The molecule has 0 bridgehead atoms. The summed E-state index contributed by atoms with van der Waals surface area (Å²) in [7, 11) is 1.42. The number of rotatable bonds is 3. The Hall–Kier alpha value is -2.02. The molecule has 96 valence electrons. The van der Waals surface area contributed by atoms with Crippen LogP contribution in [0.4, 0.5) is 13.2 Å². The number of H-pyrrole nitrogens is 1. The van der Waals surface area contributed by atoms with Gasteiger partial charge >= 0.3 is 0 Å². The molecule has 4 nitrogen and oxygen atoms in total. The van der Waals surface area contributed by atoms with Crippen LogP contribution in [0.2, 0.25) is 0 Å². The Morgan fingerprint density at radius 2 is 1.83 bits per heavy atom. The molecule has 0 aliphatic heterocycles. The van der Waals surface area contributed by atoms with Gasteiger partial charge in [0.25, 0.3) is 5.56 Å². The first-order valence-corrected chi connectivity index (χ1v) is 4.97. The molecule has 2 rings (SSSR count). The number of ether oxygens (including phenoxy) is 1. The van der Waals surface area contributed by atoms with Crippen molar-refractivity contribution < 1.29 is 17.9 Å². The van der Waals surface area contributed by atoms with E-state index < -0.39 is 23.0 Å². The summed E-state index contributed by atoms with van der Waals surface area (Å²) in [5, 5.41) is 2.54. The fourth-order valence-corrected chi connectivity index (χ4v) is 1.54. The SMILES string of the molecule is COCc1cc(=O)n(-c2cc(F)c(F)cc2F)[nH]1. The van der Waals surface area contributed by atoms with Crippen LogP contribution in [0, 0.1) is 17.5 Å². The fraction of sp³-hybridized carbons (Fsp3) is 0.182. The van der Waals surface area contributed by atoms with Crippen molar-refractivity contribution in [1.29, 1.82) is 0 Å². The highest BCUT2D eigenvalue weighted by Crippen LogP contribution is 2.16. The lowest BCUT2D eigenvalue weighted by molar-refractivity contribution is 0.181. The number of aromatic amines is 1. The summed E-state index contributed by atoms with van der Waals surface area (Å²) < 4.78 is 44.9. The highest BCUT2D eigenvalue weighted by Gasteiger charge is 2.14. The highest BCUT2D eigenvalue weighted by atomic mass is 19.2. The van der Waals surface area contributed by atoms with Crippen molar-refractivity contribution in [3.05, 3.63) is 51.7 Å². The summed E-state index contributed by atoms with van der Waals surface area (Å²) >= 11 is 0. The Morgan fingerprint density at radius 1 is 1.17 bits per heavy atom. The molecule has 0 unspecified atom stereocenters. The normalized spacial score (nSPS) is 10.9. The van der Waals surface area contributed by atoms with Crippen molar-refractivity contribution in [2.24, 2.45) is 0 Å². The van der Waals surface area contributed by atoms with Gasteiger partial charge in [-0.3, -0.25) is 9.89 Å². The molecule has 1 heterocycles. The largest absolute Gasteiger partial charge is 0.378 e. The van der Waals surface area contributed by atoms with E-state index in [4.69, 9.17) is 4.74 Å². The average molecular weight is 258 g/mol. The molecular formula is C11H9F3N2O2. The molecule has 0 aliphatic carbocycles. The van der Waals surface area contributed by atoms with Gasteiger partial charge in [0.1, 0.15) is 5.69 Å². The van der Waals surface area contributed by atoms with Crippen LogP contribution < -0.4 is 5.56 Å². The minimum Gasteiger partial charge on any atom is -0.378 e. The van der Waals surface area contributed by atoms with Gasteiger partial charge in [-0.25, -0.2) is 17.9 Å². The number of benzene rings is 1. The number of nitrogens with zero attached hydrogens (tertiary/aromatic N) is 1. The van der Waals surface area contributed by atoms with Gasteiger partial charge in [-0.15, -0.1) is 0 Å². The second-order valence-corrected chi connectivity index (χ2v) is 3.61. The molecule has 7 heteroatoms. The zero-order chi connectivity index (χ0) is 13.3. The van der Waals surface area contributed by atoms with E-state index >= 15 is 0 Å². The predicted molar refractivity (Wildman–Crippen MR) is 57.0 cm³/mol. The maximum absolute atomic E-state index is 13.5. The predicted octanol–water partition coefficient (Wildman–Crippen LogP) is 1.73. The van der Waals surface area contributed by atoms with Crippen molar-refractivity contribution in [2.45, 2.75) is 6.61 Å². The van der Waals surface area contributed by atoms with Crippen molar-refractivity contribution in [1.82, 2.24) is 9.78 Å². The van der Waals surface area contributed by atoms with Gasteiger partial charge < -0.3 is 4.74 Å². The molecule has 1 N–H and O–H groups in total. The molecular weight excluding hydrogens is 249 g/mol. The number of halogens is 3. The van der Waals surface area contributed by atoms with E-state index in [1.165, 1.54) is 13.2 Å². The smallest absolute Gasteiger partial charge is 0.271 e. The Labute approximate surface area is 99.6 Å². The Morgan fingerprint density at radius 3 is 2.50 bits per heavy atom. The first kappa shape index (κ1) is 12.4. The third-order valence-corrected chi connectivity index (χ3v) is 2.30. The van der Waals surface area contributed by atoms with E-state index in [-0.39, 0.29) is 12.3 Å². The fourth-order valence-electron chi connectivity index (χ4n) is 1.54. The number of hydrogen-bond acceptors (Lipinski definition) is 2. The topological polar surface area (TPSA) is 47.0 Å². The van der Waals surface area contributed by atoms with E-state index in [0.717, 1.165) is 4.68 Å². The molecule has 0 radical (unpaired) electrons. The number of methoxy groups -OCH3 is 1. The number of nitrogens with one attached hydrogen (secondary N) is 1. The molecule has 0 saturated heterocycles. The molecule has 18 heavy (non-hydrogen) atoms. The van der Waals surface area contributed by atoms with Crippen LogP contribution in [0.3, 0.4) is 0 Å². The van der Waals surface area contributed by atoms with E-state index in [9.17, 15) is 18.0 Å². The van der Waals surface area contributed by atoms with Crippen molar-refractivity contribution >= 4 is 0 Å². The van der Waals surface area contributed by atoms with Gasteiger partial charge in [0.15, 0.2) is 17.5 Å². The van der Waals surface area contributed by atoms with E-state index in [0.29, 0.717) is 17.8 Å². The van der Waals surface area contributed by atoms with Gasteiger partial charge in [-0.05, 0) is 0 Å². The van der Waals surface area contributed by atoms with Crippen molar-refractivity contribution in [3.63, 3.8) is 0 Å². The molecule has 0 aliphatic rings. The molecule has 0 amide bonds. The van der Waals surface area contributed by atoms with E-state index in [2.05, 4.69) is 5.10 Å². The van der Waals surface area contributed by atoms with Crippen molar-refractivity contribution in [2.75, 3.05) is 7.11 Å². The van der Waals surface area contributed by atoms with Crippen LogP contribution in [0.1, 0.15) is 5.69 Å². The zero-order valence-electron chi connectivity index (χ0n) is 9.34. The van der Waals surface area contributed by atoms with E-state index in [1.54, 1.807) is 0 Å². The molecule has 1 aromatic heterocycles. The summed E-state index contributed by atoms with van der Waals surface area (Å²) in [5.41, 5.74) is -0.583. The van der Waals surface area contributed by atoms with Gasteiger partial charge in [-0.1, -0.05) is 0 Å². The molecule has 2 aromatic rings.